The van der Waals surface area contributed by atoms with E-state index in [9.17, 15) is 19.2 Å². The standard InChI is InChI=1S/C34H44N4O9/c1-6-45-31(41)34-19-22(34)9-7-15-44-16-8-10-26(36-32(42)47-33(2,3)4)30(40)38-20-24(18-27(38)28(39)37-34)46-29-25-12-11-23(43-5)17-21(25)13-14-35-29/h7,9,11-14,17,22,24,26-27H,6,8,10,15-16,18-20H2,1-5H3,(H,36,42)(H,37,39)/b9-7-. The molecule has 2 N–H and O–H groups in total. The number of hydrogen-bond acceptors (Lipinski definition) is 10. The number of ether oxygens (including phenoxy) is 5. The average molecular weight is 653 g/mol. The van der Waals surface area contributed by atoms with E-state index in [-0.39, 0.29) is 31.9 Å². The molecule has 1 saturated heterocycles. The number of nitrogens with one attached hydrogen (secondary N) is 2. The Bertz CT molecular complexity index is 1520. The summed E-state index contributed by atoms with van der Waals surface area (Å²) in [6, 6.07) is 5.35. The highest BCUT2D eigenvalue weighted by Gasteiger charge is 2.62. The van der Waals surface area contributed by atoms with Crippen LogP contribution in [-0.2, 0) is 28.6 Å². The van der Waals surface area contributed by atoms with E-state index in [0.29, 0.717) is 37.7 Å². The van der Waals surface area contributed by atoms with Gasteiger partial charge in [-0.05, 0) is 76.6 Å². The number of carbonyl (C=O) groups excluding carboxylic acids is 4. The minimum absolute atomic E-state index is 0.0455. The van der Waals surface area contributed by atoms with Gasteiger partial charge in [0.05, 0.1) is 26.9 Å². The first-order chi connectivity index (χ1) is 22.4. The van der Waals surface area contributed by atoms with Crippen molar-refractivity contribution >= 4 is 34.6 Å². The van der Waals surface area contributed by atoms with Gasteiger partial charge in [0, 0.05) is 30.5 Å². The molecule has 5 rings (SSSR count). The lowest BCUT2D eigenvalue weighted by Gasteiger charge is -2.30. The molecule has 254 valence electrons. The lowest BCUT2D eigenvalue weighted by atomic mass is 10.1. The number of benzene rings is 1. The lowest BCUT2D eigenvalue weighted by molar-refractivity contribution is -0.150. The number of carbonyl (C=O) groups is 4. The third-order valence-electron chi connectivity index (χ3n) is 8.42. The number of rotatable bonds is 6. The molecule has 1 aliphatic carbocycles. The summed E-state index contributed by atoms with van der Waals surface area (Å²) in [5.41, 5.74) is -2.03. The van der Waals surface area contributed by atoms with Crippen LogP contribution in [0.2, 0.25) is 0 Å². The highest BCUT2D eigenvalue weighted by Crippen LogP contribution is 2.46. The Kier molecular flexibility index (Phi) is 10.2. The van der Waals surface area contributed by atoms with E-state index < -0.39 is 53.2 Å². The van der Waals surface area contributed by atoms with Crippen molar-refractivity contribution in [1.29, 1.82) is 0 Å². The number of methoxy groups -OCH3 is 1. The average Bonchev–Trinajstić information content (AvgIpc) is 3.55. The van der Waals surface area contributed by atoms with Crippen molar-refractivity contribution in [3.63, 3.8) is 0 Å². The van der Waals surface area contributed by atoms with E-state index in [1.54, 1.807) is 47.1 Å². The Hall–Kier alpha value is -4.39. The molecular weight excluding hydrogens is 608 g/mol. The Labute approximate surface area is 274 Å². The molecule has 5 atom stereocenters. The first kappa shape index (κ1) is 34.0. The zero-order valence-electron chi connectivity index (χ0n) is 27.6. The van der Waals surface area contributed by atoms with E-state index in [1.807, 2.05) is 30.4 Å². The Morgan fingerprint density at radius 2 is 2.02 bits per heavy atom. The molecule has 2 aliphatic heterocycles. The molecule has 5 unspecified atom stereocenters. The molecule has 3 amide bonds. The molecule has 0 radical (unpaired) electrons. The van der Waals surface area contributed by atoms with Gasteiger partial charge in [0.1, 0.15) is 35.1 Å². The van der Waals surface area contributed by atoms with Crippen LogP contribution >= 0.6 is 0 Å². The largest absolute Gasteiger partial charge is 0.497 e. The van der Waals surface area contributed by atoms with Gasteiger partial charge in [0.15, 0.2) is 0 Å². The van der Waals surface area contributed by atoms with Crippen LogP contribution in [0.4, 0.5) is 4.79 Å². The van der Waals surface area contributed by atoms with E-state index in [0.717, 1.165) is 10.8 Å². The van der Waals surface area contributed by atoms with Crippen molar-refractivity contribution in [2.45, 2.75) is 82.7 Å². The topological polar surface area (TPSA) is 155 Å². The van der Waals surface area contributed by atoms with Gasteiger partial charge in [0.25, 0.3) is 0 Å². The maximum absolute atomic E-state index is 14.2. The molecule has 2 aromatic rings. The molecule has 1 aromatic heterocycles. The molecule has 3 aliphatic rings. The summed E-state index contributed by atoms with van der Waals surface area (Å²) in [5.74, 6) is -0.760. The Morgan fingerprint density at radius 1 is 1.21 bits per heavy atom. The van der Waals surface area contributed by atoms with Crippen LogP contribution < -0.4 is 20.1 Å². The first-order valence-corrected chi connectivity index (χ1v) is 16.1. The van der Waals surface area contributed by atoms with Gasteiger partial charge in [-0.2, -0.15) is 0 Å². The second-order valence-corrected chi connectivity index (χ2v) is 13.0. The third kappa shape index (κ3) is 7.95. The van der Waals surface area contributed by atoms with E-state index in [1.165, 1.54) is 4.90 Å². The monoisotopic (exact) mass is 652 g/mol. The van der Waals surface area contributed by atoms with Crippen molar-refractivity contribution in [1.82, 2.24) is 20.5 Å². The number of hydrogen-bond donors (Lipinski definition) is 2. The van der Waals surface area contributed by atoms with E-state index >= 15 is 0 Å². The van der Waals surface area contributed by atoms with Crippen molar-refractivity contribution < 1.29 is 42.9 Å². The number of nitrogens with zero attached hydrogens (tertiary/aromatic N) is 2. The van der Waals surface area contributed by atoms with Crippen LogP contribution in [0.15, 0.2) is 42.6 Å². The van der Waals surface area contributed by atoms with Crippen LogP contribution in [0, 0.1) is 5.92 Å². The van der Waals surface area contributed by atoms with Crippen molar-refractivity contribution in [3.05, 3.63) is 42.6 Å². The number of pyridine rings is 1. The maximum atomic E-state index is 14.2. The number of alkyl carbamates (subject to hydrolysis) is 1. The first-order valence-electron chi connectivity index (χ1n) is 16.1. The molecule has 13 heteroatoms. The van der Waals surface area contributed by atoms with Crippen LogP contribution in [0.25, 0.3) is 10.8 Å². The normalized spacial score (nSPS) is 27.3. The maximum Gasteiger partial charge on any atom is 0.408 e. The van der Waals surface area contributed by atoms with E-state index in [2.05, 4.69) is 15.6 Å². The number of esters is 1. The number of fused-ring (bicyclic) bond motifs is 3. The predicted molar refractivity (Wildman–Crippen MR) is 171 cm³/mol. The summed E-state index contributed by atoms with van der Waals surface area (Å²) in [5, 5.41) is 7.24. The molecule has 1 saturated carbocycles. The van der Waals surface area contributed by atoms with Gasteiger partial charge >= 0.3 is 12.1 Å². The molecular formula is C34H44N4O9. The van der Waals surface area contributed by atoms with Crippen molar-refractivity contribution in [2.75, 3.05) is 33.5 Å². The highest BCUT2D eigenvalue weighted by atomic mass is 16.6. The summed E-state index contributed by atoms with van der Waals surface area (Å²) >= 11 is 0. The molecule has 3 heterocycles. The summed E-state index contributed by atoms with van der Waals surface area (Å²) in [6.07, 6.45) is 5.14. The van der Waals surface area contributed by atoms with Gasteiger partial charge in [0.2, 0.25) is 17.7 Å². The van der Waals surface area contributed by atoms with Crippen LogP contribution in [0.1, 0.15) is 53.4 Å². The molecule has 1 aromatic carbocycles. The Morgan fingerprint density at radius 3 is 2.77 bits per heavy atom. The minimum atomic E-state index is -1.25. The van der Waals surface area contributed by atoms with Crippen molar-refractivity contribution in [3.8, 4) is 11.6 Å². The fourth-order valence-corrected chi connectivity index (χ4v) is 6.06. The van der Waals surface area contributed by atoms with Gasteiger partial charge in [-0.15, -0.1) is 0 Å². The minimum Gasteiger partial charge on any atom is -0.497 e. The summed E-state index contributed by atoms with van der Waals surface area (Å²) in [4.78, 5) is 60.1. The zero-order chi connectivity index (χ0) is 33.8. The quantitative estimate of drug-likeness (QED) is 0.351. The van der Waals surface area contributed by atoms with Gasteiger partial charge in [-0.3, -0.25) is 9.59 Å². The number of aromatic nitrogens is 1. The fraction of sp³-hybridized carbons (Fsp3) is 0.559. The summed E-state index contributed by atoms with van der Waals surface area (Å²) < 4.78 is 28.3. The lowest BCUT2D eigenvalue weighted by Crippen LogP contribution is -2.56. The van der Waals surface area contributed by atoms with Crippen molar-refractivity contribution in [2.24, 2.45) is 5.92 Å². The highest BCUT2D eigenvalue weighted by molar-refractivity contribution is 5.96. The van der Waals surface area contributed by atoms with Gasteiger partial charge < -0.3 is 39.2 Å². The SMILES string of the molecule is CCOC(=O)C12CC1/C=C\COCCCC(NC(=O)OC(C)(C)C)C(=O)N1CC(Oc3nccc4cc(OC)ccc34)CC1C(=O)N2. The van der Waals surface area contributed by atoms with Crippen LogP contribution in [0.3, 0.4) is 0 Å². The number of amides is 3. The predicted octanol–water partition coefficient (Wildman–Crippen LogP) is 3.29. The van der Waals surface area contributed by atoms with Gasteiger partial charge in [-0.25, -0.2) is 14.6 Å². The van der Waals surface area contributed by atoms with Gasteiger partial charge in [-0.1, -0.05) is 12.2 Å². The second kappa shape index (κ2) is 14.2. The van der Waals surface area contributed by atoms with Crippen LogP contribution in [-0.4, -0.2) is 96.6 Å². The molecule has 0 spiro atoms. The molecule has 0 bridgehead atoms. The zero-order valence-corrected chi connectivity index (χ0v) is 27.6. The molecule has 47 heavy (non-hydrogen) atoms. The summed E-state index contributed by atoms with van der Waals surface area (Å²) in [6.45, 7) is 7.74. The second-order valence-electron chi connectivity index (χ2n) is 13.0. The fourth-order valence-electron chi connectivity index (χ4n) is 6.06. The third-order valence-corrected chi connectivity index (χ3v) is 8.42. The van der Waals surface area contributed by atoms with Crippen LogP contribution in [0.5, 0.6) is 11.6 Å². The molecule has 2 fully saturated rings. The Balaban J connectivity index is 1.45. The smallest absolute Gasteiger partial charge is 0.408 e. The summed E-state index contributed by atoms with van der Waals surface area (Å²) in [7, 11) is 1.59. The molecule has 13 nitrogen and oxygen atoms in total. The van der Waals surface area contributed by atoms with E-state index in [4.69, 9.17) is 23.7 Å².